The molecule has 0 aromatic heterocycles. The molecule has 2 nitrogen and oxygen atoms in total. The van der Waals surface area contributed by atoms with Gasteiger partial charge in [-0.3, -0.25) is 0 Å². The zero-order valence-corrected chi connectivity index (χ0v) is 10.3. The van der Waals surface area contributed by atoms with Crippen LogP contribution in [0.4, 0.5) is 0 Å². The van der Waals surface area contributed by atoms with Crippen molar-refractivity contribution in [2.24, 2.45) is 11.8 Å². The highest BCUT2D eigenvalue weighted by atomic mass is 32.1. The van der Waals surface area contributed by atoms with Gasteiger partial charge >= 0.3 is 0 Å². The van der Waals surface area contributed by atoms with Crippen LogP contribution in [0.15, 0.2) is 0 Å². The molecule has 1 rings (SSSR count). The number of hydrogen-bond donors (Lipinski definition) is 2. The number of thiol groups is 2. The second-order valence-electron chi connectivity index (χ2n) is 3.80. The molecule has 0 amide bonds. The second-order valence-corrected chi connectivity index (χ2v) is 4.32. The van der Waals surface area contributed by atoms with Gasteiger partial charge in [-0.15, -0.1) is 0 Å². The van der Waals surface area contributed by atoms with Gasteiger partial charge in [0.05, 0.1) is 25.1 Å². The Hall–Kier alpha value is 0.620. The standard InChI is InChI=1S/C10H20O2S2/c13-7-11-5-9-3-1-2-4-10(9)6-12-8-14/h9-10,13-14H,1-8H2/t9-,10-/m0/s1. The molecule has 0 aromatic carbocycles. The summed E-state index contributed by atoms with van der Waals surface area (Å²) < 4.78 is 10.7. The van der Waals surface area contributed by atoms with E-state index in [9.17, 15) is 0 Å². The first-order valence-electron chi connectivity index (χ1n) is 5.25. The summed E-state index contributed by atoms with van der Waals surface area (Å²) in [6.07, 6.45) is 5.21. The number of ether oxygens (including phenoxy) is 2. The van der Waals surface area contributed by atoms with Crippen molar-refractivity contribution in [1.82, 2.24) is 0 Å². The largest absolute Gasteiger partial charge is 0.371 e. The highest BCUT2D eigenvalue weighted by Crippen LogP contribution is 2.30. The van der Waals surface area contributed by atoms with E-state index < -0.39 is 0 Å². The van der Waals surface area contributed by atoms with E-state index in [1.54, 1.807) is 0 Å². The molecule has 0 radical (unpaired) electrons. The fraction of sp³-hybridized carbons (Fsp3) is 1.00. The first-order valence-corrected chi connectivity index (χ1v) is 6.52. The highest BCUT2D eigenvalue weighted by Gasteiger charge is 2.25. The summed E-state index contributed by atoms with van der Waals surface area (Å²) in [6.45, 7) is 1.67. The molecule has 4 heteroatoms. The third-order valence-electron chi connectivity index (χ3n) is 2.91. The normalized spacial score (nSPS) is 27.9. The van der Waals surface area contributed by atoms with Gasteiger partial charge in [0, 0.05) is 0 Å². The lowest BCUT2D eigenvalue weighted by atomic mass is 9.80. The molecule has 1 fully saturated rings. The van der Waals surface area contributed by atoms with Crippen molar-refractivity contribution in [1.29, 1.82) is 0 Å². The van der Waals surface area contributed by atoms with Crippen LogP contribution in [0.1, 0.15) is 25.7 Å². The SMILES string of the molecule is SCOC[C@@H]1CCCC[C@H]1COCS. The minimum atomic E-state index is 0.524. The van der Waals surface area contributed by atoms with Crippen molar-refractivity contribution in [2.75, 3.05) is 25.1 Å². The Morgan fingerprint density at radius 3 is 1.64 bits per heavy atom. The molecule has 1 aliphatic rings. The molecule has 2 atom stereocenters. The average molecular weight is 236 g/mol. The van der Waals surface area contributed by atoms with Gasteiger partial charge in [-0.05, 0) is 24.7 Å². The van der Waals surface area contributed by atoms with Crippen LogP contribution in [0.25, 0.3) is 0 Å². The van der Waals surface area contributed by atoms with E-state index >= 15 is 0 Å². The zero-order valence-electron chi connectivity index (χ0n) is 8.52. The van der Waals surface area contributed by atoms with E-state index in [0.29, 0.717) is 23.7 Å². The summed E-state index contributed by atoms with van der Waals surface area (Å²) in [7, 11) is 0. The Morgan fingerprint density at radius 2 is 1.29 bits per heavy atom. The predicted molar refractivity (Wildman–Crippen MR) is 65.1 cm³/mol. The fourth-order valence-corrected chi connectivity index (χ4v) is 2.34. The Kier molecular flexibility index (Phi) is 7.12. The van der Waals surface area contributed by atoms with Crippen LogP contribution in [-0.2, 0) is 9.47 Å². The molecule has 0 spiro atoms. The Bertz CT molecular complexity index is 128. The van der Waals surface area contributed by atoms with Crippen molar-refractivity contribution < 1.29 is 9.47 Å². The topological polar surface area (TPSA) is 18.5 Å². The highest BCUT2D eigenvalue weighted by molar-refractivity contribution is 7.80. The van der Waals surface area contributed by atoms with Gasteiger partial charge in [-0.1, -0.05) is 12.8 Å². The van der Waals surface area contributed by atoms with Crippen molar-refractivity contribution in [3.63, 3.8) is 0 Å². The fourth-order valence-electron chi connectivity index (χ4n) is 2.13. The van der Waals surface area contributed by atoms with Crippen molar-refractivity contribution >= 4 is 25.3 Å². The Balaban J connectivity index is 2.26. The minimum absolute atomic E-state index is 0.524. The van der Waals surface area contributed by atoms with Crippen LogP contribution in [-0.4, -0.2) is 25.1 Å². The lowest BCUT2D eigenvalue weighted by Crippen LogP contribution is -2.27. The van der Waals surface area contributed by atoms with Crippen molar-refractivity contribution in [2.45, 2.75) is 25.7 Å². The average Bonchev–Trinajstić information content (AvgIpc) is 2.24. The predicted octanol–water partition coefficient (Wildman–Crippen LogP) is 2.60. The van der Waals surface area contributed by atoms with E-state index in [0.717, 1.165) is 13.2 Å². The van der Waals surface area contributed by atoms with Crippen molar-refractivity contribution in [3.05, 3.63) is 0 Å². The maximum Gasteiger partial charge on any atom is 0.0892 e. The van der Waals surface area contributed by atoms with Gasteiger partial charge in [0.25, 0.3) is 0 Å². The van der Waals surface area contributed by atoms with Crippen LogP contribution in [0.2, 0.25) is 0 Å². The molecule has 1 aliphatic carbocycles. The molecule has 0 aromatic rings. The van der Waals surface area contributed by atoms with Gasteiger partial charge in [-0.25, -0.2) is 0 Å². The molecule has 14 heavy (non-hydrogen) atoms. The summed E-state index contributed by atoms with van der Waals surface area (Å²) >= 11 is 8.11. The summed E-state index contributed by atoms with van der Waals surface area (Å²) in [4.78, 5) is 0. The quantitative estimate of drug-likeness (QED) is 0.545. The van der Waals surface area contributed by atoms with Crippen LogP contribution in [0.5, 0.6) is 0 Å². The van der Waals surface area contributed by atoms with Crippen LogP contribution in [0, 0.1) is 11.8 Å². The van der Waals surface area contributed by atoms with Crippen molar-refractivity contribution in [3.8, 4) is 0 Å². The molecule has 1 saturated carbocycles. The van der Waals surface area contributed by atoms with E-state index in [4.69, 9.17) is 9.47 Å². The molecule has 0 unspecified atom stereocenters. The van der Waals surface area contributed by atoms with Gasteiger partial charge in [0.2, 0.25) is 0 Å². The van der Waals surface area contributed by atoms with Crippen LogP contribution in [0.3, 0.4) is 0 Å². The Labute approximate surface area is 97.6 Å². The minimum Gasteiger partial charge on any atom is -0.371 e. The molecule has 0 N–H and O–H groups in total. The molecule has 84 valence electrons. The summed E-state index contributed by atoms with van der Waals surface area (Å²) in [5, 5.41) is 0. The van der Waals surface area contributed by atoms with Crippen LogP contribution < -0.4 is 0 Å². The van der Waals surface area contributed by atoms with E-state index in [1.807, 2.05) is 0 Å². The smallest absolute Gasteiger partial charge is 0.0892 e. The maximum absolute atomic E-state index is 5.37. The molecule has 0 bridgehead atoms. The van der Waals surface area contributed by atoms with Gasteiger partial charge in [0.1, 0.15) is 0 Å². The molecule has 0 heterocycles. The van der Waals surface area contributed by atoms with E-state index in [-0.39, 0.29) is 0 Å². The molecular formula is C10H20O2S2. The Morgan fingerprint density at radius 1 is 0.857 bits per heavy atom. The summed E-state index contributed by atoms with van der Waals surface area (Å²) in [5.41, 5.74) is 0. The van der Waals surface area contributed by atoms with Gasteiger partial charge < -0.3 is 9.47 Å². The van der Waals surface area contributed by atoms with Gasteiger partial charge in [0.15, 0.2) is 0 Å². The zero-order chi connectivity index (χ0) is 10.2. The lowest BCUT2D eigenvalue weighted by Gasteiger charge is -2.30. The second kappa shape index (κ2) is 7.85. The molecule has 0 saturated heterocycles. The number of rotatable bonds is 6. The summed E-state index contributed by atoms with van der Waals surface area (Å²) in [5.74, 6) is 2.37. The first kappa shape index (κ1) is 12.7. The monoisotopic (exact) mass is 236 g/mol. The molecular weight excluding hydrogens is 216 g/mol. The van der Waals surface area contributed by atoms with Crippen LogP contribution >= 0.6 is 25.3 Å². The van der Waals surface area contributed by atoms with E-state index in [2.05, 4.69) is 25.3 Å². The van der Waals surface area contributed by atoms with Gasteiger partial charge in [-0.2, -0.15) is 25.3 Å². The number of hydrogen-bond acceptors (Lipinski definition) is 4. The third kappa shape index (κ3) is 4.43. The third-order valence-corrected chi connectivity index (χ3v) is 3.28. The first-order chi connectivity index (χ1) is 6.88. The molecule has 0 aliphatic heterocycles. The lowest BCUT2D eigenvalue weighted by molar-refractivity contribution is 0.0390. The van der Waals surface area contributed by atoms with E-state index in [1.165, 1.54) is 25.7 Å². The summed E-state index contributed by atoms with van der Waals surface area (Å²) in [6, 6.07) is 0. The maximum atomic E-state index is 5.37.